The lowest BCUT2D eigenvalue weighted by Gasteiger charge is -2.22. The first-order valence-corrected chi connectivity index (χ1v) is 4.32. The van der Waals surface area contributed by atoms with Crippen LogP contribution in [0.25, 0.3) is 0 Å². The van der Waals surface area contributed by atoms with E-state index in [0.717, 1.165) is 5.56 Å². The van der Waals surface area contributed by atoms with Crippen molar-refractivity contribution in [2.24, 2.45) is 0 Å². The third-order valence-corrected chi connectivity index (χ3v) is 2.06. The molecule has 1 aromatic carbocycles. The van der Waals surface area contributed by atoms with Crippen LogP contribution in [0.1, 0.15) is 18.1 Å². The maximum Gasteiger partial charge on any atom is 0.110 e. The molecule has 0 saturated heterocycles. The summed E-state index contributed by atoms with van der Waals surface area (Å²) in [5.74, 6) is 0. The Hall–Kier alpha value is -1.37. The summed E-state index contributed by atoms with van der Waals surface area (Å²) in [5, 5.41) is 18.5. The van der Waals surface area contributed by atoms with Crippen molar-refractivity contribution < 1.29 is 9.84 Å². The van der Waals surface area contributed by atoms with Crippen molar-refractivity contribution in [3.8, 4) is 6.07 Å². The lowest BCUT2D eigenvalue weighted by atomic mass is 9.96. The molecule has 1 aromatic rings. The summed E-state index contributed by atoms with van der Waals surface area (Å²) in [6.45, 7) is 1.91. The van der Waals surface area contributed by atoms with E-state index in [1.165, 1.54) is 7.11 Å². The van der Waals surface area contributed by atoms with Gasteiger partial charge in [-0.1, -0.05) is 12.1 Å². The van der Waals surface area contributed by atoms with Crippen molar-refractivity contribution in [1.29, 1.82) is 5.26 Å². The molecule has 1 rings (SSSR count). The van der Waals surface area contributed by atoms with E-state index in [1.807, 2.05) is 6.07 Å². The summed E-state index contributed by atoms with van der Waals surface area (Å²) in [4.78, 5) is 0. The Morgan fingerprint density at radius 1 is 1.43 bits per heavy atom. The van der Waals surface area contributed by atoms with Crippen molar-refractivity contribution in [2.45, 2.75) is 12.5 Å². The Morgan fingerprint density at radius 2 is 2.00 bits per heavy atom. The van der Waals surface area contributed by atoms with Crippen LogP contribution in [0, 0.1) is 11.3 Å². The molecule has 14 heavy (non-hydrogen) atoms. The molecular weight excluding hydrogens is 178 g/mol. The number of methoxy groups -OCH3 is 1. The van der Waals surface area contributed by atoms with Gasteiger partial charge in [0.1, 0.15) is 5.60 Å². The number of hydrogen-bond acceptors (Lipinski definition) is 3. The SMILES string of the molecule is COCC(C)(O)c1ccc(C#N)cc1. The number of benzene rings is 1. The predicted octanol–water partition coefficient (Wildman–Crippen LogP) is 1.41. The van der Waals surface area contributed by atoms with Crippen LogP contribution in [0.15, 0.2) is 24.3 Å². The van der Waals surface area contributed by atoms with Gasteiger partial charge in [0.05, 0.1) is 18.2 Å². The molecule has 3 heteroatoms. The van der Waals surface area contributed by atoms with Crippen LogP contribution in [0.4, 0.5) is 0 Å². The Bertz CT molecular complexity index is 335. The molecule has 1 atom stereocenters. The molecule has 0 spiro atoms. The maximum absolute atomic E-state index is 9.94. The van der Waals surface area contributed by atoms with E-state index in [2.05, 4.69) is 0 Å². The molecule has 0 amide bonds. The van der Waals surface area contributed by atoms with Gasteiger partial charge >= 0.3 is 0 Å². The first kappa shape index (κ1) is 10.7. The number of rotatable bonds is 3. The molecule has 0 aromatic heterocycles. The third kappa shape index (κ3) is 2.32. The molecule has 0 radical (unpaired) electrons. The first-order valence-electron chi connectivity index (χ1n) is 4.32. The smallest absolute Gasteiger partial charge is 0.110 e. The van der Waals surface area contributed by atoms with E-state index in [0.29, 0.717) is 5.56 Å². The van der Waals surface area contributed by atoms with Gasteiger partial charge in [-0.2, -0.15) is 5.26 Å². The Kier molecular flexibility index (Phi) is 3.23. The van der Waals surface area contributed by atoms with Crippen LogP contribution >= 0.6 is 0 Å². The highest BCUT2D eigenvalue weighted by molar-refractivity contribution is 5.33. The Morgan fingerprint density at radius 3 is 2.43 bits per heavy atom. The van der Waals surface area contributed by atoms with E-state index in [4.69, 9.17) is 10.00 Å². The second-order valence-corrected chi connectivity index (χ2v) is 3.40. The minimum atomic E-state index is -0.997. The quantitative estimate of drug-likeness (QED) is 0.786. The van der Waals surface area contributed by atoms with Crippen molar-refractivity contribution in [3.05, 3.63) is 35.4 Å². The highest BCUT2D eigenvalue weighted by Gasteiger charge is 2.22. The summed E-state index contributed by atoms with van der Waals surface area (Å²) in [6, 6.07) is 8.85. The summed E-state index contributed by atoms with van der Waals surface area (Å²) in [6.07, 6.45) is 0. The van der Waals surface area contributed by atoms with E-state index in [-0.39, 0.29) is 6.61 Å². The summed E-state index contributed by atoms with van der Waals surface area (Å²) in [5.41, 5.74) is 0.336. The molecule has 0 fully saturated rings. The fraction of sp³-hybridized carbons (Fsp3) is 0.364. The first-order chi connectivity index (χ1) is 6.60. The molecule has 3 nitrogen and oxygen atoms in total. The fourth-order valence-electron chi connectivity index (χ4n) is 1.27. The third-order valence-electron chi connectivity index (χ3n) is 2.06. The van der Waals surface area contributed by atoms with E-state index < -0.39 is 5.60 Å². The number of nitrogens with zero attached hydrogens (tertiary/aromatic N) is 1. The van der Waals surface area contributed by atoms with Crippen LogP contribution in [0.3, 0.4) is 0 Å². The zero-order chi connectivity index (χ0) is 10.6. The zero-order valence-corrected chi connectivity index (χ0v) is 8.32. The molecule has 1 unspecified atom stereocenters. The average Bonchev–Trinajstić information content (AvgIpc) is 2.18. The van der Waals surface area contributed by atoms with Crippen LogP contribution in [-0.4, -0.2) is 18.8 Å². The molecule has 74 valence electrons. The summed E-state index contributed by atoms with van der Waals surface area (Å²) in [7, 11) is 1.54. The highest BCUT2D eigenvalue weighted by Crippen LogP contribution is 2.20. The van der Waals surface area contributed by atoms with Gasteiger partial charge in [-0.15, -0.1) is 0 Å². The van der Waals surface area contributed by atoms with Crippen molar-refractivity contribution >= 4 is 0 Å². The van der Waals surface area contributed by atoms with Crippen LogP contribution < -0.4 is 0 Å². The van der Waals surface area contributed by atoms with E-state index in [9.17, 15) is 5.11 Å². The van der Waals surface area contributed by atoms with E-state index >= 15 is 0 Å². The van der Waals surface area contributed by atoms with Gasteiger partial charge in [0.25, 0.3) is 0 Å². The normalized spacial score (nSPS) is 14.4. The van der Waals surface area contributed by atoms with Gasteiger partial charge in [0.2, 0.25) is 0 Å². The lowest BCUT2D eigenvalue weighted by Crippen LogP contribution is -2.26. The monoisotopic (exact) mass is 191 g/mol. The number of ether oxygens (including phenoxy) is 1. The second-order valence-electron chi connectivity index (χ2n) is 3.40. The topological polar surface area (TPSA) is 53.2 Å². The fourth-order valence-corrected chi connectivity index (χ4v) is 1.27. The second kappa shape index (κ2) is 4.23. The van der Waals surface area contributed by atoms with Gasteiger partial charge in [-0.25, -0.2) is 0 Å². The largest absolute Gasteiger partial charge is 0.383 e. The van der Waals surface area contributed by atoms with Crippen LogP contribution in [0.5, 0.6) is 0 Å². The van der Waals surface area contributed by atoms with Gasteiger partial charge in [-0.05, 0) is 24.6 Å². The molecule has 0 aliphatic carbocycles. The number of aliphatic hydroxyl groups is 1. The molecule has 0 saturated carbocycles. The van der Waals surface area contributed by atoms with E-state index in [1.54, 1.807) is 31.2 Å². The number of hydrogen-bond donors (Lipinski definition) is 1. The maximum atomic E-state index is 9.94. The van der Waals surface area contributed by atoms with Crippen molar-refractivity contribution in [1.82, 2.24) is 0 Å². The highest BCUT2D eigenvalue weighted by atomic mass is 16.5. The van der Waals surface area contributed by atoms with Crippen LogP contribution in [-0.2, 0) is 10.3 Å². The Balaban J connectivity index is 2.92. The molecule has 0 bridgehead atoms. The van der Waals surface area contributed by atoms with Crippen LogP contribution in [0.2, 0.25) is 0 Å². The summed E-state index contributed by atoms with van der Waals surface area (Å²) < 4.78 is 4.90. The minimum absolute atomic E-state index is 0.235. The Labute approximate surface area is 83.6 Å². The number of nitriles is 1. The average molecular weight is 191 g/mol. The molecular formula is C11H13NO2. The molecule has 0 heterocycles. The van der Waals surface area contributed by atoms with Gasteiger partial charge in [0, 0.05) is 7.11 Å². The predicted molar refractivity (Wildman–Crippen MR) is 52.6 cm³/mol. The standard InChI is InChI=1S/C11H13NO2/c1-11(13,8-14-2)10-5-3-9(7-12)4-6-10/h3-6,13H,8H2,1-2H3. The molecule has 0 aliphatic rings. The van der Waals surface area contributed by atoms with Crippen molar-refractivity contribution in [2.75, 3.05) is 13.7 Å². The summed E-state index contributed by atoms with van der Waals surface area (Å²) >= 11 is 0. The molecule has 0 aliphatic heterocycles. The van der Waals surface area contributed by atoms with Gasteiger partial charge in [0.15, 0.2) is 0 Å². The minimum Gasteiger partial charge on any atom is -0.383 e. The lowest BCUT2D eigenvalue weighted by molar-refractivity contribution is -0.0208. The van der Waals surface area contributed by atoms with Gasteiger partial charge in [-0.3, -0.25) is 0 Å². The van der Waals surface area contributed by atoms with Gasteiger partial charge < -0.3 is 9.84 Å². The molecule has 1 N–H and O–H groups in total. The zero-order valence-electron chi connectivity index (χ0n) is 8.32. The van der Waals surface area contributed by atoms with Crippen molar-refractivity contribution in [3.63, 3.8) is 0 Å².